The molecule has 0 fully saturated rings. The van der Waals surface area contributed by atoms with Crippen molar-refractivity contribution in [3.05, 3.63) is 17.3 Å². The molecule has 2 N–H and O–H groups in total. The quantitative estimate of drug-likeness (QED) is 0.657. The molecule has 0 saturated heterocycles. The van der Waals surface area contributed by atoms with Gasteiger partial charge in [-0.2, -0.15) is 0 Å². The fourth-order valence-corrected chi connectivity index (χ4v) is 1.79. The van der Waals surface area contributed by atoms with Gasteiger partial charge in [-0.05, 0) is 18.6 Å². The van der Waals surface area contributed by atoms with Gasteiger partial charge in [-0.3, -0.25) is 0 Å². The molecule has 0 unspecified atom stereocenters. The molecule has 1 aliphatic heterocycles. The molecular weight excluding hydrogens is 214 g/mol. The normalized spacial score (nSPS) is 21.3. The van der Waals surface area contributed by atoms with E-state index in [4.69, 9.17) is 11.6 Å². The number of anilines is 2. The molecule has 1 aliphatic rings. The predicted octanol–water partition coefficient (Wildman–Crippen LogP) is 1.35. The number of rotatable bonds is 0. The Morgan fingerprint density at radius 1 is 1.60 bits per heavy atom. The molecule has 1 aromatic rings. The molecule has 1 aromatic heterocycles. The van der Waals surface area contributed by atoms with Crippen molar-refractivity contribution < 1.29 is 5.11 Å². The van der Waals surface area contributed by atoms with Crippen molar-refractivity contribution >= 4 is 23.1 Å². The highest BCUT2D eigenvalue weighted by molar-refractivity contribution is 6.29. The van der Waals surface area contributed by atoms with Crippen LogP contribution in [0.15, 0.2) is 12.1 Å². The summed E-state index contributed by atoms with van der Waals surface area (Å²) in [4.78, 5) is 6.27. The Kier molecular flexibility index (Phi) is 2.98. The fraction of sp³-hybridized carbons (Fsp3) is 0.500. The van der Waals surface area contributed by atoms with E-state index in [0.717, 1.165) is 24.5 Å². The lowest BCUT2D eigenvalue weighted by Crippen LogP contribution is -2.31. The number of nitrogens with one attached hydrogen (secondary N) is 1. The van der Waals surface area contributed by atoms with E-state index in [1.165, 1.54) is 0 Å². The zero-order valence-electron chi connectivity index (χ0n) is 8.57. The van der Waals surface area contributed by atoms with Gasteiger partial charge >= 0.3 is 0 Å². The molecule has 0 spiro atoms. The van der Waals surface area contributed by atoms with E-state index < -0.39 is 0 Å². The summed E-state index contributed by atoms with van der Waals surface area (Å²) < 4.78 is 0. The lowest BCUT2D eigenvalue weighted by Gasteiger charge is -2.27. The Labute approximate surface area is 93.9 Å². The van der Waals surface area contributed by atoms with Gasteiger partial charge in [-0.25, -0.2) is 4.98 Å². The molecule has 4 nitrogen and oxygen atoms in total. The zero-order chi connectivity index (χ0) is 10.8. The number of pyridine rings is 1. The molecule has 2 heterocycles. The van der Waals surface area contributed by atoms with E-state index >= 15 is 0 Å². The van der Waals surface area contributed by atoms with E-state index in [9.17, 15) is 5.11 Å². The highest BCUT2D eigenvalue weighted by atomic mass is 35.5. The molecule has 1 atom stereocenters. The molecule has 15 heavy (non-hydrogen) atoms. The van der Waals surface area contributed by atoms with Gasteiger partial charge in [0.1, 0.15) is 5.15 Å². The minimum atomic E-state index is -0.332. The van der Waals surface area contributed by atoms with Crippen LogP contribution in [0.3, 0.4) is 0 Å². The van der Waals surface area contributed by atoms with Crippen LogP contribution in [0.25, 0.3) is 0 Å². The van der Waals surface area contributed by atoms with Crippen LogP contribution in [-0.2, 0) is 0 Å². The summed E-state index contributed by atoms with van der Waals surface area (Å²) in [5, 5.41) is 13.1. The lowest BCUT2D eigenvalue weighted by molar-refractivity contribution is 0.178. The van der Waals surface area contributed by atoms with Crippen molar-refractivity contribution in [2.45, 2.75) is 12.5 Å². The Hall–Kier alpha value is -1.00. The van der Waals surface area contributed by atoms with E-state index in [-0.39, 0.29) is 6.10 Å². The molecule has 0 saturated carbocycles. The third kappa shape index (κ3) is 2.33. The number of fused-ring (bicyclic) bond motifs is 1. The third-order valence-corrected chi connectivity index (χ3v) is 2.76. The lowest BCUT2D eigenvalue weighted by atomic mass is 10.2. The highest BCUT2D eigenvalue weighted by Crippen LogP contribution is 2.26. The van der Waals surface area contributed by atoms with E-state index in [0.29, 0.717) is 11.7 Å². The summed E-state index contributed by atoms with van der Waals surface area (Å²) in [6.07, 6.45) is 0.423. The maximum atomic E-state index is 9.58. The van der Waals surface area contributed by atoms with Crippen LogP contribution >= 0.6 is 11.6 Å². The topological polar surface area (TPSA) is 48.4 Å². The number of aromatic nitrogens is 1. The number of hydrogen-bond donors (Lipinski definition) is 2. The van der Waals surface area contributed by atoms with E-state index in [1.54, 1.807) is 6.07 Å². The van der Waals surface area contributed by atoms with E-state index in [1.807, 2.05) is 13.1 Å². The Balaban J connectivity index is 2.33. The van der Waals surface area contributed by atoms with E-state index in [2.05, 4.69) is 15.2 Å². The van der Waals surface area contributed by atoms with Crippen LogP contribution in [0, 0.1) is 0 Å². The monoisotopic (exact) mass is 227 g/mol. The Morgan fingerprint density at radius 2 is 2.40 bits per heavy atom. The van der Waals surface area contributed by atoms with Gasteiger partial charge < -0.3 is 15.3 Å². The van der Waals surface area contributed by atoms with Crippen molar-refractivity contribution in [2.75, 3.05) is 30.4 Å². The number of nitrogens with zero attached hydrogens (tertiary/aromatic N) is 2. The van der Waals surface area contributed by atoms with Crippen LogP contribution in [0.4, 0.5) is 11.5 Å². The van der Waals surface area contributed by atoms with Gasteiger partial charge in [0, 0.05) is 20.1 Å². The number of aliphatic hydroxyl groups is 1. The molecule has 2 rings (SSSR count). The summed E-state index contributed by atoms with van der Waals surface area (Å²) in [7, 11) is 1.98. The second-order valence-electron chi connectivity index (χ2n) is 3.75. The maximum absolute atomic E-state index is 9.58. The molecule has 5 heteroatoms. The second kappa shape index (κ2) is 4.24. The first-order valence-electron chi connectivity index (χ1n) is 4.96. The Morgan fingerprint density at radius 3 is 3.20 bits per heavy atom. The second-order valence-corrected chi connectivity index (χ2v) is 4.13. The third-order valence-electron chi connectivity index (χ3n) is 2.55. The standard InChI is InChI=1S/C10H14ClN3O/c1-14-5-4-7(15)6-12-10-8(14)2-3-9(11)13-10/h2-3,7,15H,4-6H2,1H3,(H,12,13)/t7-/m1/s1. The van der Waals surface area contributed by atoms with Gasteiger partial charge in [0.25, 0.3) is 0 Å². The largest absolute Gasteiger partial charge is 0.391 e. The minimum Gasteiger partial charge on any atom is -0.391 e. The van der Waals surface area contributed by atoms with Gasteiger partial charge in [-0.1, -0.05) is 11.6 Å². The van der Waals surface area contributed by atoms with Crippen LogP contribution in [0.2, 0.25) is 5.15 Å². The number of halogens is 1. The van der Waals surface area contributed by atoms with Gasteiger partial charge in [-0.15, -0.1) is 0 Å². The van der Waals surface area contributed by atoms with Gasteiger partial charge in [0.05, 0.1) is 11.8 Å². The minimum absolute atomic E-state index is 0.332. The average Bonchev–Trinajstić information content (AvgIpc) is 2.21. The molecule has 0 bridgehead atoms. The molecule has 0 radical (unpaired) electrons. The van der Waals surface area contributed by atoms with Crippen molar-refractivity contribution in [2.24, 2.45) is 0 Å². The predicted molar refractivity (Wildman–Crippen MR) is 61.6 cm³/mol. The van der Waals surface area contributed by atoms with Crippen molar-refractivity contribution in [1.29, 1.82) is 0 Å². The molecule has 0 aromatic carbocycles. The SMILES string of the molecule is CN1CC[C@@H](O)CNc2nc(Cl)ccc21. The molecule has 82 valence electrons. The highest BCUT2D eigenvalue weighted by Gasteiger charge is 2.15. The number of hydrogen-bond acceptors (Lipinski definition) is 4. The van der Waals surface area contributed by atoms with Crippen LogP contribution < -0.4 is 10.2 Å². The summed E-state index contributed by atoms with van der Waals surface area (Å²) >= 11 is 5.82. The first-order valence-corrected chi connectivity index (χ1v) is 5.34. The van der Waals surface area contributed by atoms with Crippen molar-refractivity contribution in [3.8, 4) is 0 Å². The zero-order valence-corrected chi connectivity index (χ0v) is 9.33. The van der Waals surface area contributed by atoms with Gasteiger partial charge in [0.2, 0.25) is 0 Å². The van der Waals surface area contributed by atoms with Crippen molar-refractivity contribution in [1.82, 2.24) is 4.98 Å². The van der Waals surface area contributed by atoms with Crippen LogP contribution in [-0.4, -0.2) is 36.3 Å². The van der Waals surface area contributed by atoms with Crippen molar-refractivity contribution in [3.63, 3.8) is 0 Å². The molecule has 0 amide bonds. The number of β-amino-alcohol motifs (C(OH)–C–C–N with tert-alkyl or cyclic N) is 1. The smallest absolute Gasteiger partial charge is 0.151 e. The summed E-state index contributed by atoms with van der Waals surface area (Å²) in [6.45, 7) is 1.34. The molecule has 0 aliphatic carbocycles. The van der Waals surface area contributed by atoms with Crippen LogP contribution in [0.1, 0.15) is 6.42 Å². The average molecular weight is 228 g/mol. The van der Waals surface area contributed by atoms with Gasteiger partial charge in [0.15, 0.2) is 5.82 Å². The Bertz CT molecular complexity index is 359. The first kappa shape index (κ1) is 10.5. The first-order chi connectivity index (χ1) is 7.16. The fourth-order valence-electron chi connectivity index (χ4n) is 1.65. The molecular formula is C10H14ClN3O. The summed E-state index contributed by atoms with van der Waals surface area (Å²) in [6, 6.07) is 3.71. The summed E-state index contributed by atoms with van der Waals surface area (Å²) in [5.41, 5.74) is 1.02. The van der Waals surface area contributed by atoms with Crippen LogP contribution in [0.5, 0.6) is 0 Å². The summed E-state index contributed by atoms with van der Waals surface area (Å²) in [5.74, 6) is 0.740. The number of aliphatic hydroxyl groups excluding tert-OH is 1. The maximum Gasteiger partial charge on any atom is 0.151 e.